The van der Waals surface area contributed by atoms with Gasteiger partial charge < -0.3 is 0 Å². The van der Waals surface area contributed by atoms with Crippen molar-refractivity contribution >= 4 is 47.4 Å². The standard InChI is InChI=1S/C18H11BrS/c19-13-9-10-17-16(11-13)15-8-4-7-14(18(15)20-17)12-5-2-1-3-6-12/h1-11H/i1D,2D,3D,5D,6D. The smallest absolute Gasteiger partial charge is 0.0629 e. The predicted octanol–water partition coefficient (Wildman–Crippen LogP) is 6.48. The molecule has 0 atom stereocenters. The Balaban J connectivity index is 2.15. The zero-order chi connectivity index (χ0) is 17.9. The van der Waals surface area contributed by atoms with Gasteiger partial charge in [-0.05, 0) is 29.3 Å². The summed E-state index contributed by atoms with van der Waals surface area (Å²) in [5, 5.41) is 2.11. The van der Waals surface area contributed by atoms with E-state index in [0.29, 0.717) is 5.56 Å². The van der Waals surface area contributed by atoms with Crippen molar-refractivity contribution in [1.29, 1.82) is 0 Å². The molecule has 1 aromatic heterocycles. The van der Waals surface area contributed by atoms with Crippen molar-refractivity contribution in [2.24, 2.45) is 0 Å². The molecule has 0 unspecified atom stereocenters. The van der Waals surface area contributed by atoms with Crippen LogP contribution in [-0.4, -0.2) is 0 Å². The van der Waals surface area contributed by atoms with Crippen LogP contribution < -0.4 is 0 Å². The highest BCUT2D eigenvalue weighted by atomic mass is 79.9. The van der Waals surface area contributed by atoms with Crippen LogP contribution in [0.3, 0.4) is 0 Å². The first-order valence-corrected chi connectivity index (χ1v) is 7.69. The lowest BCUT2D eigenvalue weighted by atomic mass is 10.0. The Labute approximate surface area is 136 Å². The fraction of sp³-hybridized carbons (Fsp3) is 0. The number of halogens is 1. The van der Waals surface area contributed by atoms with Crippen LogP contribution in [0.15, 0.2) is 71.1 Å². The van der Waals surface area contributed by atoms with E-state index in [1.807, 2.05) is 36.4 Å². The fourth-order valence-electron chi connectivity index (χ4n) is 2.35. The zero-order valence-electron chi connectivity index (χ0n) is 15.3. The average Bonchev–Trinajstić information content (AvgIpc) is 2.97. The fourth-order valence-corrected chi connectivity index (χ4v) is 3.92. The van der Waals surface area contributed by atoms with Gasteiger partial charge in [-0.15, -0.1) is 11.3 Å². The number of benzene rings is 3. The number of hydrogen-bond acceptors (Lipinski definition) is 1. The van der Waals surface area contributed by atoms with E-state index in [1.165, 1.54) is 0 Å². The number of fused-ring (bicyclic) bond motifs is 3. The van der Waals surface area contributed by atoms with Gasteiger partial charge in [0.1, 0.15) is 0 Å². The molecule has 0 saturated heterocycles. The molecule has 0 nitrogen and oxygen atoms in total. The first-order chi connectivity index (χ1) is 11.9. The van der Waals surface area contributed by atoms with E-state index < -0.39 is 0 Å². The summed E-state index contributed by atoms with van der Waals surface area (Å²) >= 11 is 5.06. The van der Waals surface area contributed by atoms with Gasteiger partial charge >= 0.3 is 0 Å². The number of thiophene rings is 1. The second kappa shape index (κ2) is 4.72. The van der Waals surface area contributed by atoms with Gasteiger partial charge in [0, 0.05) is 24.6 Å². The quantitative estimate of drug-likeness (QED) is 0.370. The minimum atomic E-state index is -0.369. The Kier molecular flexibility index (Phi) is 1.88. The number of rotatable bonds is 1. The Morgan fingerprint density at radius 3 is 2.65 bits per heavy atom. The Hall–Kier alpha value is -1.64. The van der Waals surface area contributed by atoms with Gasteiger partial charge in [-0.3, -0.25) is 0 Å². The lowest BCUT2D eigenvalue weighted by Gasteiger charge is -2.02. The summed E-state index contributed by atoms with van der Waals surface area (Å²) in [6.45, 7) is 0. The molecule has 0 bridgehead atoms. The van der Waals surface area contributed by atoms with E-state index in [0.717, 1.165) is 24.6 Å². The maximum Gasteiger partial charge on any atom is 0.0629 e. The van der Waals surface area contributed by atoms with Crippen LogP contribution in [0.4, 0.5) is 0 Å². The molecule has 2 heteroatoms. The topological polar surface area (TPSA) is 0 Å². The third-order valence-electron chi connectivity index (χ3n) is 3.23. The largest absolute Gasteiger partial charge is 0.135 e. The molecule has 4 rings (SSSR count). The molecule has 1 heterocycles. The van der Waals surface area contributed by atoms with Gasteiger partial charge in [-0.25, -0.2) is 0 Å². The molecule has 0 spiro atoms. The zero-order valence-corrected chi connectivity index (χ0v) is 12.7. The van der Waals surface area contributed by atoms with Crippen molar-refractivity contribution < 1.29 is 6.85 Å². The monoisotopic (exact) mass is 343 g/mol. The van der Waals surface area contributed by atoms with Crippen molar-refractivity contribution in [2.45, 2.75) is 0 Å². The lowest BCUT2D eigenvalue weighted by Crippen LogP contribution is -1.76. The van der Waals surface area contributed by atoms with Crippen LogP contribution in [0, 0.1) is 0 Å². The Morgan fingerprint density at radius 1 is 0.950 bits per heavy atom. The van der Waals surface area contributed by atoms with E-state index >= 15 is 0 Å². The molecule has 0 aliphatic rings. The molecule has 0 aliphatic carbocycles. The summed E-state index contributed by atoms with van der Waals surface area (Å²) < 4.78 is 43.1. The van der Waals surface area contributed by atoms with Crippen molar-refractivity contribution in [3.8, 4) is 11.1 Å². The number of hydrogen-bond donors (Lipinski definition) is 0. The maximum absolute atomic E-state index is 8.24. The summed E-state index contributed by atoms with van der Waals surface area (Å²) in [6.07, 6.45) is 0. The van der Waals surface area contributed by atoms with E-state index in [2.05, 4.69) is 15.9 Å². The molecular weight excluding hydrogens is 328 g/mol. The Morgan fingerprint density at radius 2 is 1.80 bits per heavy atom. The Bertz CT molecular complexity index is 1140. The van der Waals surface area contributed by atoms with Crippen LogP contribution in [-0.2, 0) is 0 Å². The molecule has 0 N–H and O–H groups in total. The third-order valence-corrected chi connectivity index (χ3v) is 4.94. The molecule has 0 fully saturated rings. The molecule has 96 valence electrons. The minimum absolute atomic E-state index is 0.169. The summed E-state index contributed by atoms with van der Waals surface area (Å²) in [4.78, 5) is 0. The predicted molar refractivity (Wildman–Crippen MR) is 92.5 cm³/mol. The first kappa shape index (κ1) is 7.96. The van der Waals surface area contributed by atoms with E-state index in [9.17, 15) is 0 Å². The van der Waals surface area contributed by atoms with Crippen LogP contribution >= 0.6 is 27.3 Å². The van der Waals surface area contributed by atoms with Gasteiger partial charge in [0.15, 0.2) is 0 Å². The highest BCUT2D eigenvalue weighted by Crippen LogP contribution is 2.40. The second-order valence-electron chi connectivity index (χ2n) is 4.42. The molecule has 0 radical (unpaired) electrons. The molecule has 20 heavy (non-hydrogen) atoms. The molecule has 3 aromatic carbocycles. The summed E-state index contributed by atoms with van der Waals surface area (Å²) in [5.41, 5.74) is 0.925. The van der Waals surface area contributed by atoms with Gasteiger partial charge in [-0.1, -0.05) is 64.3 Å². The van der Waals surface area contributed by atoms with Gasteiger partial charge in [-0.2, -0.15) is 0 Å². The van der Waals surface area contributed by atoms with Crippen LogP contribution in [0.1, 0.15) is 6.85 Å². The van der Waals surface area contributed by atoms with Crippen LogP contribution in [0.25, 0.3) is 31.3 Å². The average molecular weight is 344 g/mol. The van der Waals surface area contributed by atoms with E-state index in [1.54, 1.807) is 11.3 Å². The van der Waals surface area contributed by atoms with Gasteiger partial charge in [0.05, 0.1) is 6.85 Å². The van der Waals surface area contributed by atoms with Gasteiger partial charge in [0.2, 0.25) is 0 Å². The molecule has 4 aromatic rings. The molecule has 0 amide bonds. The van der Waals surface area contributed by atoms with Crippen LogP contribution in [0.2, 0.25) is 0 Å². The normalized spacial score (nSPS) is 14.8. The second-order valence-corrected chi connectivity index (χ2v) is 6.39. The van der Waals surface area contributed by atoms with Gasteiger partial charge in [0.25, 0.3) is 0 Å². The first-order valence-electron chi connectivity index (χ1n) is 8.58. The van der Waals surface area contributed by atoms with Crippen molar-refractivity contribution in [1.82, 2.24) is 0 Å². The van der Waals surface area contributed by atoms with Crippen LogP contribution in [0.5, 0.6) is 0 Å². The lowest BCUT2D eigenvalue weighted by molar-refractivity contribution is 1.67. The highest BCUT2D eigenvalue weighted by Gasteiger charge is 2.09. The minimum Gasteiger partial charge on any atom is -0.135 e. The van der Waals surface area contributed by atoms with Crippen molar-refractivity contribution in [3.63, 3.8) is 0 Å². The summed E-state index contributed by atoms with van der Waals surface area (Å²) in [6, 6.07) is 10.4. The molecular formula is C18H11BrS. The third kappa shape index (κ3) is 1.88. The highest BCUT2D eigenvalue weighted by molar-refractivity contribution is 9.10. The molecule has 0 saturated carbocycles. The SMILES string of the molecule is [2H]c1c([2H])c([2H])c(-c2cccc3c2sc2ccc(Br)cc23)c([2H])c1[2H]. The van der Waals surface area contributed by atoms with E-state index in [4.69, 9.17) is 6.85 Å². The molecule has 0 aliphatic heterocycles. The van der Waals surface area contributed by atoms with Crippen molar-refractivity contribution in [3.05, 3.63) is 71.1 Å². The summed E-state index contributed by atoms with van der Waals surface area (Å²) in [7, 11) is 0. The van der Waals surface area contributed by atoms with Crippen molar-refractivity contribution in [2.75, 3.05) is 0 Å². The summed E-state index contributed by atoms with van der Waals surface area (Å²) in [5.74, 6) is 0. The maximum atomic E-state index is 8.24. The van der Waals surface area contributed by atoms with E-state index in [-0.39, 0.29) is 35.8 Å².